The van der Waals surface area contributed by atoms with Crippen molar-refractivity contribution in [3.8, 4) is 0 Å². The molecule has 0 saturated heterocycles. The molecule has 1 aromatic carbocycles. The molecule has 0 radical (unpaired) electrons. The average molecular weight is 335 g/mol. The second-order valence-electron chi connectivity index (χ2n) is 4.90. The molecule has 0 aliphatic carbocycles. The molecule has 3 aromatic rings. The third kappa shape index (κ3) is 3.03. The third-order valence-electron chi connectivity index (χ3n) is 3.27. The van der Waals surface area contributed by atoms with Crippen molar-refractivity contribution in [2.45, 2.75) is 30.7 Å². The lowest BCUT2D eigenvalue weighted by molar-refractivity contribution is 0.800. The molecule has 1 N–H and O–H groups in total. The Morgan fingerprint density at radius 2 is 2.14 bits per heavy atom. The molecule has 2 heterocycles. The Hall–Kier alpha value is -1.79. The Morgan fingerprint density at radius 3 is 2.91 bits per heavy atom. The molecule has 5 nitrogen and oxygen atoms in total. The van der Waals surface area contributed by atoms with Gasteiger partial charge in [0, 0.05) is 22.5 Å². The summed E-state index contributed by atoms with van der Waals surface area (Å²) < 4.78 is 1.91. The molecule has 22 heavy (non-hydrogen) atoms. The number of nitrogens with zero attached hydrogens (tertiary/aromatic N) is 3. The molecule has 0 amide bonds. The first kappa shape index (κ1) is 15.1. The van der Waals surface area contributed by atoms with Crippen LogP contribution >= 0.6 is 23.4 Å². The second-order valence-corrected chi connectivity index (χ2v) is 6.25. The van der Waals surface area contributed by atoms with Gasteiger partial charge in [-0.05, 0) is 18.1 Å². The van der Waals surface area contributed by atoms with Crippen molar-refractivity contribution in [2.75, 3.05) is 0 Å². The van der Waals surface area contributed by atoms with Gasteiger partial charge >= 0.3 is 0 Å². The van der Waals surface area contributed by atoms with Gasteiger partial charge in [-0.2, -0.15) is 0 Å². The smallest absolute Gasteiger partial charge is 0.252 e. The minimum Gasteiger partial charge on any atom is -0.291 e. The quantitative estimate of drug-likeness (QED) is 0.727. The SMILES string of the molecule is CCCc1cc(=O)[nH]c2nnc(SCc3ccccc3Cl)n12. The van der Waals surface area contributed by atoms with Crippen LogP contribution in [0.3, 0.4) is 0 Å². The number of hydrogen-bond donors (Lipinski definition) is 1. The highest BCUT2D eigenvalue weighted by Gasteiger charge is 2.12. The van der Waals surface area contributed by atoms with Gasteiger partial charge in [0.25, 0.3) is 5.56 Å². The molecule has 0 aliphatic rings. The Labute approximate surface area is 136 Å². The molecule has 0 aliphatic heterocycles. The summed E-state index contributed by atoms with van der Waals surface area (Å²) in [5.41, 5.74) is 1.83. The number of hydrogen-bond acceptors (Lipinski definition) is 4. The first-order valence-corrected chi connectivity index (χ1v) is 8.39. The number of fused-ring (bicyclic) bond motifs is 1. The molecule has 2 aromatic heterocycles. The van der Waals surface area contributed by atoms with E-state index in [1.807, 2.05) is 28.7 Å². The van der Waals surface area contributed by atoms with Crippen LogP contribution in [0.4, 0.5) is 0 Å². The zero-order chi connectivity index (χ0) is 15.5. The van der Waals surface area contributed by atoms with Gasteiger partial charge < -0.3 is 0 Å². The molecule has 0 spiro atoms. The van der Waals surface area contributed by atoms with Crippen LogP contribution < -0.4 is 5.56 Å². The maximum Gasteiger partial charge on any atom is 0.252 e. The Morgan fingerprint density at radius 1 is 1.32 bits per heavy atom. The lowest BCUT2D eigenvalue weighted by atomic mass is 10.2. The molecule has 0 unspecified atom stereocenters. The number of aromatic nitrogens is 4. The standard InChI is InChI=1S/C15H15ClN4OS/c1-2-5-11-8-13(21)17-14-18-19-15(20(11)14)22-9-10-6-3-4-7-12(10)16/h3-4,6-8H,2,5,9H2,1H3,(H,17,18,21). The topological polar surface area (TPSA) is 63.0 Å². The summed E-state index contributed by atoms with van der Waals surface area (Å²) in [6, 6.07) is 9.35. The number of aromatic amines is 1. The highest BCUT2D eigenvalue weighted by Crippen LogP contribution is 2.26. The van der Waals surface area contributed by atoms with Gasteiger partial charge in [-0.15, -0.1) is 10.2 Å². The Balaban J connectivity index is 1.94. The van der Waals surface area contributed by atoms with Crippen molar-refractivity contribution in [3.05, 3.63) is 57.0 Å². The summed E-state index contributed by atoms with van der Waals surface area (Å²) in [4.78, 5) is 14.4. The fraction of sp³-hybridized carbons (Fsp3) is 0.267. The van der Waals surface area contributed by atoms with Crippen LogP contribution in [0.15, 0.2) is 40.3 Å². The molecule has 0 fully saturated rings. The molecule has 3 rings (SSSR count). The van der Waals surface area contributed by atoms with Crippen LogP contribution in [0.2, 0.25) is 5.02 Å². The maximum absolute atomic E-state index is 11.7. The number of nitrogens with one attached hydrogen (secondary N) is 1. The number of halogens is 1. The molecule has 0 bridgehead atoms. The van der Waals surface area contributed by atoms with Crippen molar-refractivity contribution in [2.24, 2.45) is 0 Å². The predicted octanol–water partition coefficient (Wildman–Crippen LogP) is 3.32. The van der Waals surface area contributed by atoms with E-state index < -0.39 is 0 Å². The van der Waals surface area contributed by atoms with E-state index in [-0.39, 0.29) is 5.56 Å². The highest BCUT2D eigenvalue weighted by atomic mass is 35.5. The molecular weight excluding hydrogens is 320 g/mol. The second kappa shape index (κ2) is 6.54. The molecule has 0 atom stereocenters. The van der Waals surface area contributed by atoms with E-state index in [4.69, 9.17) is 11.6 Å². The van der Waals surface area contributed by atoms with E-state index in [2.05, 4.69) is 22.1 Å². The summed E-state index contributed by atoms with van der Waals surface area (Å²) in [6.07, 6.45) is 1.75. The van der Waals surface area contributed by atoms with E-state index in [0.29, 0.717) is 11.5 Å². The summed E-state index contributed by atoms with van der Waals surface area (Å²) in [5, 5.41) is 9.75. The van der Waals surface area contributed by atoms with E-state index in [1.54, 1.807) is 17.8 Å². The summed E-state index contributed by atoms with van der Waals surface area (Å²) in [5.74, 6) is 1.18. The van der Waals surface area contributed by atoms with Crippen LogP contribution in [0.5, 0.6) is 0 Å². The Bertz CT molecular complexity index is 858. The van der Waals surface area contributed by atoms with Gasteiger partial charge in [0.05, 0.1) is 0 Å². The van der Waals surface area contributed by atoms with Crippen molar-refractivity contribution < 1.29 is 0 Å². The lowest BCUT2D eigenvalue weighted by Crippen LogP contribution is -2.11. The van der Waals surface area contributed by atoms with Gasteiger partial charge in [-0.1, -0.05) is 54.9 Å². The minimum atomic E-state index is -0.147. The van der Waals surface area contributed by atoms with Crippen molar-refractivity contribution in [1.82, 2.24) is 19.6 Å². The van der Waals surface area contributed by atoms with Gasteiger partial charge in [0.15, 0.2) is 5.16 Å². The van der Waals surface area contributed by atoms with Gasteiger partial charge in [0.2, 0.25) is 5.78 Å². The van der Waals surface area contributed by atoms with Crippen LogP contribution in [-0.2, 0) is 12.2 Å². The average Bonchev–Trinajstić information content (AvgIpc) is 2.90. The number of thioether (sulfide) groups is 1. The predicted molar refractivity (Wildman–Crippen MR) is 88.6 cm³/mol. The fourth-order valence-corrected chi connectivity index (χ4v) is 3.51. The number of H-pyrrole nitrogens is 1. The van der Waals surface area contributed by atoms with E-state index in [0.717, 1.165) is 34.3 Å². The van der Waals surface area contributed by atoms with Crippen molar-refractivity contribution in [3.63, 3.8) is 0 Å². The van der Waals surface area contributed by atoms with Crippen molar-refractivity contribution >= 4 is 29.1 Å². The number of benzene rings is 1. The summed E-state index contributed by atoms with van der Waals surface area (Å²) in [6.45, 7) is 2.08. The van der Waals surface area contributed by atoms with Crippen LogP contribution in [0.1, 0.15) is 24.6 Å². The largest absolute Gasteiger partial charge is 0.291 e. The van der Waals surface area contributed by atoms with E-state index in [1.165, 1.54) is 0 Å². The van der Waals surface area contributed by atoms with E-state index in [9.17, 15) is 4.79 Å². The van der Waals surface area contributed by atoms with Gasteiger partial charge in [0.1, 0.15) is 0 Å². The third-order valence-corrected chi connectivity index (χ3v) is 4.62. The van der Waals surface area contributed by atoms with E-state index >= 15 is 0 Å². The van der Waals surface area contributed by atoms with Crippen LogP contribution in [-0.4, -0.2) is 19.6 Å². The van der Waals surface area contributed by atoms with Gasteiger partial charge in [-0.25, -0.2) is 0 Å². The summed E-state index contributed by atoms with van der Waals surface area (Å²) >= 11 is 7.73. The molecule has 7 heteroatoms. The zero-order valence-electron chi connectivity index (χ0n) is 12.0. The number of rotatable bonds is 5. The minimum absolute atomic E-state index is 0.147. The maximum atomic E-state index is 11.7. The summed E-state index contributed by atoms with van der Waals surface area (Å²) in [7, 11) is 0. The van der Waals surface area contributed by atoms with Crippen LogP contribution in [0, 0.1) is 0 Å². The first-order valence-electron chi connectivity index (χ1n) is 7.02. The first-order chi connectivity index (χ1) is 10.7. The fourth-order valence-electron chi connectivity index (χ4n) is 2.26. The monoisotopic (exact) mass is 334 g/mol. The van der Waals surface area contributed by atoms with Crippen molar-refractivity contribution in [1.29, 1.82) is 0 Å². The normalized spacial score (nSPS) is 11.2. The zero-order valence-corrected chi connectivity index (χ0v) is 13.6. The number of aryl methyl sites for hydroxylation is 1. The molecule has 114 valence electrons. The lowest BCUT2D eigenvalue weighted by Gasteiger charge is -2.06. The highest BCUT2D eigenvalue weighted by molar-refractivity contribution is 7.98. The van der Waals surface area contributed by atoms with Gasteiger partial charge in [-0.3, -0.25) is 14.2 Å². The Kier molecular flexibility index (Phi) is 4.49. The molecule has 0 saturated carbocycles. The van der Waals surface area contributed by atoms with Crippen LogP contribution in [0.25, 0.3) is 5.78 Å². The molecular formula is C15H15ClN4OS.